The van der Waals surface area contributed by atoms with E-state index < -0.39 is 0 Å². The molecule has 3 aliphatic rings. The largest absolute Gasteiger partial charge is 0.368 e. The second-order valence-corrected chi connectivity index (χ2v) is 9.49. The van der Waals surface area contributed by atoms with Crippen LogP contribution in [-0.2, 0) is 9.53 Å². The number of carbonyl (C=O) groups excluding carboxylic acids is 1. The summed E-state index contributed by atoms with van der Waals surface area (Å²) in [7, 11) is 0. The van der Waals surface area contributed by atoms with E-state index in [9.17, 15) is 4.79 Å². The molecular weight excluding hydrogens is 328 g/mol. The van der Waals surface area contributed by atoms with E-state index in [1.165, 1.54) is 31.4 Å². The summed E-state index contributed by atoms with van der Waals surface area (Å²) in [6.07, 6.45) is 8.79. The van der Waals surface area contributed by atoms with Crippen molar-refractivity contribution < 1.29 is 9.53 Å². The standard InChI is InChI=1S/C17H30N2O2S2/c1-13-4-6-14(7-5-13)21-12-17(20)19(16-8-10-23-18-16)11-15-3-2-9-22-15/h13-16,18H,2-12H2,1H3. The molecule has 3 rings (SSSR count). The minimum Gasteiger partial charge on any atom is -0.368 e. The normalized spacial score (nSPS) is 34.7. The van der Waals surface area contributed by atoms with Gasteiger partial charge in [-0.15, -0.1) is 0 Å². The molecule has 2 aliphatic heterocycles. The first kappa shape index (κ1) is 17.9. The number of nitrogens with zero attached hydrogens (tertiary/aromatic N) is 1. The van der Waals surface area contributed by atoms with Gasteiger partial charge in [0, 0.05) is 17.5 Å². The molecule has 1 saturated carbocycles. The Balaban J connectivity index is 1.49. The average molecular weight is 359 g/mol. The van der Waals surface area contributed by atoms with E-state index in [1.807, 2.05) is 11.8 Å². The van der Waals surface area contributed by atoms with Gasteiger partial charge in [0.15, 0.2) is 0 Å². The van der Waals surface area contributed by atoms with Crippen LogP contribution < -0.4 is 4.72 Å². The Labute approximate surface area is 149 Å². The number of amides is 1. The predicted octanol–water partition coefficient (Wildman–Crippen LogP) is 3.27. The monoisotopic (exact) mass is 358 g/mol. The zero-order valence-electron chi connectivity index (χ0n) is 14.2. The van der Waals surface area contributed by atoms with Gasteiger partial charge in [0.2, 0.25) is 5.91 Å². The van der Waals surface area contributed by atoms with E-state index in [4.69, 9.17) is 4.74 Å². The lowest BCUT2D eigenvalue weighted by molar-refractivity contribution is -0.141. The molecular formula is C17H30N2O2S2. The van der Waals surface area contributed by atoms with E-state index >= 15 is 0 Å². The highest BCUT2D eigenvalue weighted by atomic mass is 32.2. The summed E-state index contributed by atoms with van der Waals surface area (Å²) >= 11 is 3.76. The van der Waals surface area contributed by atoms with Gasteiger partial charge in [-0.1, -0.05) is 18.9 Å². The Kier molecular flexibility index (Phi) is 6.98. The van der Waals surface area contributed by atoms with Crippen LogP contribution in [0.3, 0.4) is 0 Å². The maximum absolute atomic E-state index is 12.8. The highest BCUT2D eigenvalue weighted by molar-refractivity contribution is 8.00. The topological polar surface area (TPSA) is 41.6 Å². The molecule has 23 heavy (non-hydrogen) atoms. The first-order chi connectivity index (χ1) is 11.2. The molecule has 0 aromatic rings. The fourth-order valence-corrected chi connectivity index (χ4v) is 5.85. The number of ether oxygens (including phenoxy) is 1. The summed E-state index contributed by atoms with van der Waals surface area (Å²) < 4.78 is 9.38. The van der Waals surface area contributed by atoms with Gasteiger partial charge >= 0.3 is 0 Å². The van der Waals surface area contributed by atoms with E-state index in [0.717, 1.165) is 37.5 Å². The molecule has 0 bridgehead atoms. The Morgan fingerprint density at radius 2 is 2.00 bits per heavy atom. The van der Waals surface area contributed by atoms with Crippen molar-refractivity contribution in [3.8, 4) is 0 Å². The average Bonchev–Trinajstić information content (AvgIpc) is 3.25. The van der Waals surface area contributed by atoms with Gasteiger partial charge in [-0.3, -0.25) is 4.79 Å². The number of carbonyl (C=O) groups is 1. The van der Waals surface area contributed by atoms with Crippen molar-refractivity contribution in [1.29, 1.82) is 0 Å². The van der Waals surface area contributed by atoms with Gasteiger partial charge in [-0.25, -0.2) is 4.72 Å². The summed E-state index contributed by atoms with van der Waals surface area (Å²) in [5.41, 5.74) is 0. The van der Waals surface area contributed by atoms with Crippen LogP contribution in [0.2, 0.25) is 0 Å². The van der Waals surface area contributed by atoms with Crippen molar-refractivity contribution in [2.24, 2.45) is 5.92 Å². The SMILES string of the molecule is CC1CCC(OCC(=O)N(CC2CCCS2)C2CCSN2)CC1. The van der Waals surface area contributed by atoms with Crippen LogP contribution >= 0.6 is 23.7 Å². The predicted molar refractivity (Wildman–Crippen MR) is 98.6 cm³/mol. The third-order valence-corrected chi connectivity index (χ3v) is 7.50. The maximum atomic E-state index is 12.8. The second-order valence-electron chi connectivity index (χ2n) is 7.14. The number of thioether (sulfide) groups is 1. The van der Waals surface area contributed by atoms with Crippen molar-refractivity contribution in [2.45, 2.75) is 69.4 Å². The molecule has 4 nitrogen and oxygen atoms in total. The van der Waals surface area contributed by atoms with Crippen LogP contribution in [0.15, 0.2) is 0 Å². The van der Waals surface area contributed by atoms with Crippen molar-refractivity contribution in [2.75, 3.05) is 24.7 Å². The number of hydrogen-bond acceptors (Lipinski definition) is 5. The lowest BCUT2D eigenvalue weighted by Crippen LogP contribution is -2.49. The molecule has 1 N–H and O–H groups in total. The molecule has 132 valence electrons. The summed E-state index contributed by atoms with van der Waals surface area (Å²) in [6, 6.07) is 0. The van der Waals surface area contributed by atoms with Crippen LogP contribution in [0, 0.1) is 5.92 Å². The quantitative estimate of drug-likeness (QED) is 0.738. The minimum atomic E-state index is 0.177. The van der Waals surface area contributed by atoms with Crippen molar-refractivity contribution >= 4 is 29.6 Å². The Bertz CT molecular complexity index is 377. The van der Waals surface area contributed by atoms with E-state index in [0.29, 0.717) is 11.4 Å². The Morgan fingerprint density at radius 3 is 2.65 bits per heavy atom. The summed E-state index contributed by atoms with van der Waals surface area (Å²) in [5.74, 6) is 3.33. The highest BCUT2D eigenvalue weighted by Crippen LogP contribution is 2.29. The lowest BCUT2D eigenvalue weighted by atomic mass is 9.89. The maximum Gasteiger partial charge on any atom is 0.249 e. The van der Waals surface area contributed by atoms with Crippen molar-refractivity contribution in [3.05, 3.63) is 0 Å². The van der Waals surface area contributed by atoms with Gasteiger partial charge < -0.3 is 9.64 Å². The molecule has 2 heterocycles. The smallest absolute Gasteiger partial charge is 0.249 e. The van der Waals surface area contributed by atoms with Crippen LogP contribution in [0.1, 0.15) is 51.9 Å². The molecule has 0 aromatic heterocycles. The molecule has 0 radical (unpaired) electrons. The molecule has 2 atom stereocenters. The van der Waals surface area contributed by atoms with E-state index in [2.05, 4.69) is 16.5 Å². The molecule has 2 unspecified atom stereocenters. The third kappa shape index (κ3) is 5.28. The van der Waals surface area contributed by atoms with Crippen LogP contribution in [-0.4, -0.2) is 53.0 Å². The van der Waals surface area contributed by atoms with Crippen molar-refractivity contribution in [1.82, 2.24) is 9.62 Å². The second kappa shape index (κ2) is 8.97. The molecule has 1 aliphatic carbocycles. The minimum absolute atomic E-state index is 0.177. The summed E-state index contributed by atoms with van der Waals surface area (Å²) in [4.78, 5) is 14.8. The van der Waals surface area contributed by atoms with Crippen LogP contribution in [0.25, 0.3) is 0 Å². The first-order valence-electron chi connectivity index (χ1n) is 9.12. The van der Waals surface area contributed by atoms with Crippen molar-refractivity contribution in [3.63, 3.8) is 0 Å². The molecule has 2 saturated heterocycles. The summed E-state index contributed by atoms with van der Waals surface area (Å²) in [6.45, 7) is 3.46. The summed E-state index contributed by atoms with van der Waals surface area (Å²) in [5, 5.41) is 0.613. The third-order valence-electron chi connectivity index (χ3n) is 5.24. The molecule has 3 fully saturated rings. The van der Waals surface area contributed by atoms with Crippen LogP contribution in [0.4, 0.5) is 0 Å². The molecule has 0 aromatic carbocycles. The van der Waals surface area contributed by atoms with Gasteiger partial charge in [0.05, 0.1) is 12.3 Å². The molecule has 0 spiro atoms. The number of hydrogen-bond donors (Lipinski definition) is 1. The lowest BCUT2D eigenvalue weighted by Gasteiger charge is -2.32. The molecule has 1 amide bonds. The highest BCUT2D eigenvalue weighted by Gasteiger charge is 2.31. The zero-order valence-corrected chi connectivity index (χ0v) is 15.8. The van der Waals surface area contributed by atoms with E-state index in [-0.39, 0.29) is 18.7 Å². The number of rotatable bonds is 6. The first-order valence-corrected chi connectivity index (χ1v) is 11.2. The van der Waals surface area contributed by atoms with Gasteiger partial charge in [0.1, 0.15) is 6.61 Å². The number of nitrogens with one attached hydrogen (secondary N) is 1. The Hall–Kier alpha value is 0.0900. The zero-order chi connectivity index (χ0) is 16.1. The van der Waals surface area contributed by atoms with Gasteiger partial charge in [0.25, 0.3) is 0 Å². The van der Waals surface area contributed by atoms with E-state index in [1.54, 1.807) is 11.9 Å². The van der Waals surface area contributed by atoms with Gasteiger partial charge in [-0.2, -0.15) is 11.8 Å². The fraction of sp³-hybridized carbons (Fsp3) is 0.941. The Morgan fingerprint density at radius 1 is 1.17 bits per heavy atom. The van der Waals surface area contributed by atoms with Gasteiger partial charge in [-0.05, 0) is 56.6 Å². The fourth-order valence-electron chi connectivity index (χ4n) is 3.68. The van der Waals surface area contributed by atoms with Crippen LogP contribution in [0.5, 0.6) is 0 Å². The molecule has 6 heteroatoms.